The summed E-state index contributed by atoms with van der Waals surface area (Å²) in [6, 6.07) is 20.3. The fourth-order valence-corrected chi connectivity index (χ4v) is 2.60. The molecule has 0 saturated heterocycles. The number of nitrogens with zero attached hydrogens (tertiary/aromatic N) is 1. The summed E-state index contributed by atoms with van der Waals surface area (Å²) in [5, 5.41) is 12.6. The maximum Gasteiger partial charge on any atom is 0.119 e. The standard InChI is InChI=1S/C19H17N3/c1-13-7-6-8-14(2)18(13)22-19-17(11-16(12-20)21-19)15-9-4-3-5-10-15/h3-11,21-22H,1-2H3. The van der Waals surface area contributed by atoms with Crippen LogP contribution >= 0.6 is 0 Å². The molecule has 0 unspecified atom stereocenters. The molecular formula is C19H17N3. The van der Waals surface area contributed by atoms with Crippen molar-refractivity contribution in [3.63, 3.8) is 0 Å². The Bertz CT molecular complexity index is 819. The molecule has 3 aromatic rings. The maximum absolute atomic E-state index is 9.19. The Kier molecular flexibility index (Phi) is 3.67. The number of anilines is 2. The summed E-state index contributed by atoms with van der Waals surface area (Å²) in [4.78, 5) is 3.16. The minimum atomic E-state index is 0.549. The summed E-state index contributed by atoms with van der Waals surface area (Å²) in [6.45, 7) is 4.15. The number of H-pyrrole nitrogens is 1. The number of hydrogen-bond donors (Lipinski definition) is 2. The van der Waals surface area contributed by atoms with Gasteiger partial charge in [-0.2, -0.15) is 5.26 Å². The van der Waals surface area contributed by atoms with Gasteiger partial charge in [0, 0.05) is 11.3 Å². The highest BCUT2D eigenvalue weighted by Gasteiger charge is 2.12. The molecule has 0 bridgehead atoms. The van der Waals surface area contributed by atoms with Crippen LogP contribution < -0.4 is 5.32 Å². The molecule has 0 saturated carbocycles. The fourth-order valence-electron chi connectivity index (χ4n) is 2.60. The monoisotopic (exact) mass is 287 g/mol. The van der Waals surface area contributed by atoms with Crippen LogP contribution in [0.4, 0.5) is 11.5 Å². The van der Waals surface area contributed by atoms with Crippen molar-refractivity contribution in [1.29, 1.82) is 5.26 Å². The zero-order valence-electron chi connectivity index (χ0n) is 12.6. The molecule has 22 heavy (non-hydrogen) atoms. The van der Waals surface area contributed by atoms with Gasteiger partial charge in [0.25, 0.3) is 0 Å². The van der Waals surface area contributed by atoms with Gasteiger partial charge in [0.05, 0.1) is 0 Å². The predicted octanol–water partition coefficient (Wildman–Crippen LogP) is 4.91. The van der Waals surface area contributed by atoms with Gasteiger partial charge < -0.3 is 10.3 Å². The third-order valence-corrected chi connectivity index (χ3v) is 3.75. The number of para-hydroxylation sites is 1. The minimum absolute atomic E-state index is 0.549. The average molecular weight is 287 g/mol. The van der Waals surface area contributed by atoms with Crippen LogP contribution in [-0.2, 0) is 0 Å². The van der Waals surface area contributed by atoms with E-state index >= 15 is 0 Å². The van der Waals surface area contributed by atoms with E-state index in [4.69, 9.17) is 0 Å². The molecule has 2 aromatic carbocycles. The number of rotatable bonds is 3. The topological polar surface area (TPSA) is 51.6 Å². The molecule has 0 aliphatic heterocycles. The highest BCUT2D eigenvalue weighted by Crippen LogP contribution is 2.32. The summed E-state index contributed by atoms with van der Waals surface area (Å²) in [5.74, 6) is 0.847. The van der Waals surface area contributed by atoms with E-state index in [1.54, 1.807) is 0 Å². The molecule has 3 nitrogen and oxygen atoms in total. The van der Waals surface area contributed by atoms with Gasteiger partial charge in [-0.3, -0.25) is 0 Å². The quantitative estimate of drug-likeness (QED) is 0.718. The molecular weight excluding hydrogens is 270 g/mol. The van der Waals surface area contributed by atoms with E-state index in [1.165, 1.54) is 11.1 Å². The summed E-state index contributed by atoms with van der Waals surface area (Å²) >= 11 is 0. The highest BCUT2D eigenvalue weighted by molar-refractivity contribution is 5.81. The lowest BCUT2D eigenvalue weighted by Gasteiger charge is -2.13. The number of aromatic amines is 1. The van der Waals surface area contributed by atoms with Crippen molar-refractivity contribution in [2.75, 3.05) is 5.32 Å². The maximum atomic E-state index is 9.19. The van der Waals surface area contributed by atoms with Crippen molar-refractivity contribution in [2.24, 2.45) is 0 Å². The second kappa shape index (κ2) is 5.79. The molecule has 1 heterocycles. The summed E-state index contributed by atoms with van der Waals surface area (Å²) in [6.07, 6.45) is 0. The first-order chi connectivity index (χ1) is 10.7. The van der Waals surface area contributed by atoms with Gasteiger partial charge in [0.1, 0.15) is 17.6 Å². The Morgan fingerprint density at radius 2 is 1.64 bits per heavy atom. The number of benzene rings is 2. The normalized spacial score (nSPS) is 10.2. The second-order valence-corrected chi connectivity index (χ2v) is 5.34. The number of aromatic nitrogens is 1. The Hall–Kier alpha value is -2.99. The summed E-state index contributed by atoms with van der Waals surface area (Å²) in [7, 11) is 0. The van der Waals surface area contributed by atoms with Crippen molar-refractivity contribution in [3.8, 4) is 17.2 Å². The number of aryl methyl sites for hydroxylation is 2. The van der Waals surface area contributed by atoms with Crippen molar-refractivity contribution in [1.82, 2.24) is 4.98 Å². The van der Waals surface area contributed by atoms with E-state index in [1.807, 2.05) is 42.5 Å². The van der Waals surface area contributed by atoms with Gasteiger partial charge >= 0.3 is 0 Å². The molecule has 2 N–H and O–H groups in total. The number of nitrogens with one attached hydrogen (secondary N) is 2. The van der Waals surface area contributed by atoms with E-state index in [-0.39, 0.29) is 0 Å². The largest absolute Gasteiger partial charge is 0.341 e. The highest BCUT2D eigenvalue weighted by atomic mass is 15.0. The molecule has 0 atom stereocenters. The fraction of sp³-hybridized carbons (Fsp3) is 0.105. The van der Waals surface area contributed by atoms with E-state index in [9.17, 15) is 5.26 Å². The zero-order chi connectivity index (χ0) is 15.5. The first-order valence-corrected chi connectivity index (χ1v) is 7.21. The van der Waals surface area contributed by atoms with Crippen LogP contribution in [0.15, 0.2) is 54.6 Å². The first-order valence-electron chi connectivity index (χ1n) is 7.21. The van der Waals surface area contributed by atoms with Gasteiger partial charge in [-0.05, 0) is 36.6 Å². The van der Waals surface area contributed by atoms with Crippen LogP contribution in [-0.4, -0.2) is 4.98 Å². The van der Waals surface area contributed by atoms with Crippen molar-refractivity contribution in [2.45, 2.75) is 13.8 Å². The molecule has 0 fully saturated rings. The van der Waals surface area contributed by atoms with Crippen LogP contribution in [0.5, 0.6) is 0 Å². The van der Waals surface area contributed by atoms with Crippen molar-refractivity contribution >= 4 is 11.5 Å². The van der Waals surface area contributed by atoms with Crippen LogP contribution in [0.2, 0.25) is 0 Å². The molecule has 108 valence electrons. The summed E-state index contributed by atoms with van der Waals surface area (Å²) < 4.78 is 0. The molecule has 0 aliphatic carbocycles. The van der Waals surface area contributed by atoms with Crippen LogP contribution in [0.25, 0.3) is 11.1 Å². The molecule has 0 aliphatic rings. The molecule has 3 rings (SSSR count). The lowest BCUT2D eigenvalue weighted by molar-refractivity contribution is 1.29. The smallest absolute Gasteiger partial charge is 0.119 e. The predicted molar refractivity (Wildman–Crippen MR) is 90.1 cm³/mol. The van der Waals surface area contributed by atoms with E-state index < -0.39 is 0 Å². The van der Waals surface area contributed by atoms with Gasteiger partial charge in [-0.15, -0.1) is 0 Å². The third-order valence-electron chi connectivity index (χ3n) is 3.75. The second-order valence-electron chi connectivity index (χ2n) is 5.34. The lowest BCUT2D eigenvalue weighted by Crippen LogP contribution is -1.97. The summed E-state index contributed by atoms with van der Waals surface area (Å²) in [5.41, 5.74) is 6.05. The minimum Gasteiger partial charge on any atom is -0.341 e. The van der Waals surface area contributed by atoms with Gasteiger partial charge in [-0.1, -0.05) is 48.5 Å². The number of hydrogen-bond acceptors (Lipinski definition) is 2. The average Bonchev–Trinajstić information content (AvgIpc) is 2.95. The van der Waals surface area contributed by atoms with E-state index in [0.29, 0.717) is 5.69 Å². The first kappa shape index (κ1) is 14.0. The Labute approximate surface area is 130 Å². The van der Waals surface area contributed by atoms with Gasteiger partial charge in [-0.25, -0.2) is 0 Å². The molecule has 0 radical (unpaired) electrons. The van der Waals surface area contributed by atoms with E-state index in [0.717, 1.165) is 22.6 Å². The van der Waals surface area contributed by atoms with Gasteiger partial charge in [0.2, 0.25) is 0 Å². The Morgan fingerprint density at radius 3 is 2.27 bits per heavy atom. The van der Waals surface area contributed by atoms with Crippen molar-refractivity contribution in [3.05, 3.63) is 71.4 Å². The molecule has 0 amide bonds. The Balaban J connectivity index is 2.08. The van der Waals surface area contributed by atoms with Crippen LogP contribution in [0.1, 0.15) is 16.8 Å². The SMILES string of the molecule is Cc1cccc(C)c1Nc1[nH]c(C#N)cc1-c1ccccc1. The Morgan fingerprint density at radius 1 is 0.955 bits per heavy atom. The number of nitriles is 1. The van der Waals surface area contributed by atoms with Gasteiger partial charge in [0.15, 0.2) is 0 Å². The lowest BCUT2D eigenvalue weighted by atomic mass is 10.1. The van der Waals surface area contributed by atoms with Crippen LogP contribution in [0, 0.1) is 25.2 Å². The van der Waals surface area contributed by atoms with Crippen molar-refractivity contribution < 1.29 is 0 Å². The molecule has 1 aromatic heterocycles. The zero-order valence-corrected chi connectivity index (χ0v) is 12.6. The van der Waals surface area contributed by atoms with Crippen LogP contribution in [0.3, 0.4) is 0 Å². The third kappa shape index (κ3) is 2.59. The molecule has 3 heteroatoms. The molecule has 0 spiro atoms. The van der Waals surface area contributed by atoms with E-state index in [2.05, 4.69) is 42.4 Å².